The molecule has 5 N–H and O–H groups in total. The minimum Gasteiger partial charge on any atom is -0.480 e. The normalized spacial score (nSPS) is 16.8. The fourth-order valence-corrected chi connectivity index (χ4v) is 7.35. The second kappa shape index (κ2) is 15.8. The number of benzene rings is 2. The van der Waals surface area contributed by atoms with E-state index in [4.69, 9.17) is 4.74 Å². The van der Waals surface area contributed by atoms with Crippen LogP contribution in [0.15, 0.2) is 65.7 Å². The third kappa shape index (κ3) is 9.98. The summed E-state index contributed by atoms with van der Waals surface area (Å²) in [4.78, 5) is 43.8. The lowest BCUT2D eigenvalue weighted by atomic mass is 10.1. The van der Waals surface area contributed by atoms with Gasteiger partial charge >= 0.3 is 12.0 Å². The zero-order valence-electron chi connectivity index (χ0n) is 26.9. The molecular formula is C33H42N6O7S. The number of amides is 3. The maximum atomic E-state index is 13.3. The summed E-state index contributed by atoms with van der Waals surface area (Å²) in [5, 5.41) is 18.3. The highest BCUT2D eigenvalue weighted by Crippen LogP contribution is 2.23. The van der Waals surface area contributed by atoms with Crippen LogP contribution in [-0.2, 0) is 30.9 Å². The largest absolute Gasteiger partial charge is 0.480 e. The topological polar surface area (TPSA) is 179 Å². The number of hydrogen-bond acceptors (Lipinski definition) is 8. The van der Waals surface area contributed by atoms with Crippen LogP contribution in [0.5, 0.6) is 0 Å². The number of urea groups is 1. The average molecular weight is 667 g/mol. The van der Waals surface area contributed by atoms with Crippen molar-refractivity contribution in [2.45, 2.75) is 63.7 Å². The standard InChI is InChI=1S/C33H42N6O7S/c1-21-8-7-9-25(14-21)16-37-33(43)39-19-27(15-26(39)17-35-29-10-5-6-11-34-29)46-20-30(40)36-18-28(32(41)42)38-47(44,45)31-23(3)12-22(2)13-24(31)4/h5-14,26-28,38H,15-20H2,1-4H3,(H,34,35)(H,36,40)(H,37,43)(H,41,42). The molecule has 2 heterocycles. The molecule has 3 unspecified atom stereocenters. The summed E-state index contributed by atoms with van der Waals surface area (Å²) in [6.45, 7) is 7.19. The van der Waals surface area contributed by atoms with E-state index in [1.807, 2.05) is 50.2 Å². The Morgan fingerprint density at radius 2 is 1.74 bits per heavy atom. The molecule has 13 nitrogen and oxygen atoms in total. The lowest BCUT2D eigenvalue weighted by Gasteiger charge is -2.25. The molecule has 0 bridgehead atoms. The molecular weight excluding hydrogens is 624 g/mol. The Labute approximate surface area is 275 Å². The van der Waals surface area contributed by atoms with Gasteiger partial charge in [-0.1, -0.05) is 53.6 Å². The van der Waals surface area contributed by atoms with Crippen LogP contribution in [0.2, 0.25) is 0 Å². The summed E-state index contributed by atoms with van der Waals surface area (Å²) in [7, 11) is -4.19. The minimum atomic E-state index is -4.19. The second-order valence-corrected chi connectivity index (χ2v) is 13.4. The van der Waals surface area contributed by atoms with Crippen LogP contribution in [0, 0.1) is 27.7 Å². The molecule has 0 aliphatic carbocycles. The smallest absolute Gasteiger partial charge is 0.323 e. The number of aromatic nitrogens is 1. The number of aryl methyl sites for hydroxylation is 4. The summed E-state index contributed by atoms with van der Waals surface area (Å²) in [6, 6.07) is 14.6. The number of pyridine rings is 1. The molecule has 1 aliphatic rings. The molecule has 3 amide bonds. The average Bonchev–Trinajstić information content (AvgIpc) is 3.42. The maximum absolute atomic E-state index is 13.3. The summed E-state index contributed by atoms with van der Waals surface area (Å²) < 4.78 is 34.2. The third-order valence-corrected chi connectivity index (χ3v) is 9.55. The Hall–Kier alpha value is -4.53. The second-order valence-electron chi connectivity index (χ2n) is 11.8. The molecule has 252 valence electrons. The lowest BCUT2D eigenvalue weighted by Crippen LogP contribution is -2.49. The van der Waals surface area contributed by atoms with Gasteiger partial charge < -0.3 is 30.7 Å². The Kier molecular flexibility index (Phi) is 11.9. The fourth-order valence-electron chi connectivity index (χ4n) is 5.70. The van der Waals surface area contributed by atoms with E-state index in [-0.39, 0.29) is 23.5 Å². The van der Waals surface area contributed by atoms with Crippen molar-refractivity contribution < 1.29 is 32.6 Å². The summed E-state index contributed by atoms with van der Waals surface area (Å²) in [6.07, 6.45) is 1.64. The summed E-state index contributed by atoms with van der Waals surface area (Å²) in [5.41, 5.74) is 3.91. The summed E-state index contributed by atoms with van der Waals surface area (Å²) >= 11 is 0. The molecule has 4 rings (SSSR count). The van der Waals surface area contributed by atoms with Crippen LogP contribution in [0.4, 0.5) is 10.6 Å². The van der Waals surface area contributed by atoms with Crippen molar-refractivity contribution in [3.05, 3.63) is 88.6 Å². The maximum Gasteiger partial charge on any atom is 0.323 e. The number of hydrogen-bond donors (Lipinski definition) is 5. The van der Waals surface area contributed by atoms with Crippen molar-refractivity contribution in [3.8, 4) is 0 Å². The number of carboxylic acids is 1. The van der Waals surface area contributed by atoms with Crippen molar-refractivity contribution in [1.82, 2.24) is 25.2 Å². The molecule has 14 heteroatoms. The van der Waals surface area contributed by atoms with Crippen LogP contribution in [0.1, 0.15) is 34.2 Å². The van der Waals surface area contributed by atoms with Gasteiger partial charge in [-0.25, -0.2) is 18.2 Å². The van der Waals surface area contributed by atoms with E-state index in [0.717, 1.165) is 16.7 Å². The molecule has 3 atom stereocenters. The van der Waals surface area contributed by atoms with Crippen molar-refractivity contribution in [3.63, 3.8) is 0 Å². The highest BCUT2D eigenvalue weighted by Gasteiger charge is 2.36. The van der Waals surface area contributed by atoms with Gasteiger partial charge in [0.25, 0.3) is 0 Å². The molecule has 0 radical (unpaired) electrons. The van der Waals surface area contributed by atoms with E-state index in [2.05, 4.69) is 25.7 Å². The van der Waals surface area contributed by atoms with Crippen molar-refractivity contribution in [1.29, 1.82) is 0 Å². The van der Waals surface area contributed by atoms with E-state index in [1.165, 1.54) is 0 Å². The van der Waals surface area contributed by atoms with Crippen LogP contribution in [0.25, 0.3) is 0 Å². The Morgan fingerprint density at radius 1 is 1.00 bits per heavy atom. The van der Waals surface area contributed by atoms with Crippen molar-refractivity contribution >= 4 is 33.7 Å². The fraction of sp³-hybridized carbons (Fsp3) is 0.394. The number of anilines is 1. The van der Waals surface area contributed by atoms with Crippen LogP contribution in [-0.4, -0.2) is 85.7 Å². The van der Waals surface area contributed by atoms with Crippen LogP contribution >= 0.6 is 0 Å². The van der Waals surface area contributed by atoms with E-state index in [0.29, 0.717) is 36.5 Å². The SMILES string of the molecule is Cc1cccc(CNC(=O)N2CC(OCC(=O)NCC(NS(=O)(=O)c3c(C)cc(C)cc3C)C(=O)O)CC2CNc2ccccn2)c1. The van der Waals surface area contributed by atoms with E-state index >= 15 is 0 Å². The first-order valence-electron chi connectivity index (χ1n) is 15.3. The molecule has 47 heavy (non-hydrogen) atoms. The first-order chi connectivity index (χ1) is 22.3. The van der Waals surface area contributed by atoms with Gasteiger partial charge in [-0.3, -0.25) is 9.59 Å². The van der Waals surface area contributed by atoms with Crippen LogP contribution in [0.3, 0.4) is 0 Å². The quantitative estimate of drug-likeness (QED) is 0.173. The van der Waals surface area contributed by atoms with Crippen LogP contribution < -0.4 is 20.7 Å². The number of carboxylic acid groups (broad SMARTS) is 1. The molecule has 2 aromatic carbocycles. The van der Waals surface area contributed by atoms with Crippen molar-refractivity contribution in [2.24, 2.45) is 0 Å². The molecule has 1 fully saturated rings. The number of carbonyl (C=O) groups excluding carboxylic acids is 2. The third-order valence-electron chi connectivity index (χ3n) is 7.77. The monoisotopic (exact) mass is 666 g/mol. The van der Waals surface area contributed by atoms with E-state index in [1.54, 1.807) is 43.1 Å². The number of aliphatic carboxylic acids is 1. The van der Waals surface area contributed by atoms with Gasteiger partial charge in [0.15, 0.2) is 0 Å². The predicted octanol–water partition coefficient (Wildman–Crippen LogP) is 2.64. The minimum absolute atomic E-state index is 0.00445. The zero-order valence-corrected chi connectivity index (χ0v) is 27.8. The summed E-state index contributed by atoms with van der Waals surface area (Å²) in [5.74, 6) is -1.40. The Balaban J connectivity index is 1.33. The number of sulfonamides is 1. The first-order valence-corrected chi connectivity index (χ1v) is 16.8. The number of ether oxygens (including phenoxy) is 1. The number of rotatable bonds is 14. The molecule has 1 aromatic heterocycles. The van der Waals surface area contributed by atoms with Gasteiger partial charge in [-0.05, 0) is 62.9 Å². The van der Waals surface area contributed by atoms with Gasteiger partial charge in [0.2, 0.25) is 15.9 Å². The molecule has 0 saturated carbocycles. The van der Waals surface area contributed by atoms with Gasteiger partial charge in [0, 0.05) is 32.4 Å². The predicted molar refractivity (Wildman–Crippen MR) is 176 cm³/mol. The number of carbonyl (C=O) groups is 3. The van der Waals surface area contributed by atoms with Gasteiger partial charge in [0.05, 0.1) is 17.0 Å². The Bertz CT molecular complexity index is 1660. The number of likely N-dealkylation sites (tertiary alicyclic amines) is 1. The van der Waals surface area contributed by atoms with E-state index < -0.39 is 47.2 Å². The molecule has 1 aliphatic heterocycles. The molecule has 0 spiro atoms. The van der Waals surface area contributed by atoms with E-state index in [9.17, 15) is 27.9 Å². The molecule has 1 saturated heterocycles. The highest BCUT2D eigenvalue weighted by atomic mass is 32.2. The van der Waals surface area contributed by atoms with Gasteiger partial charge in [-0.2, -0.15) is 4.72 Å². The number of nitrogens with zero attached hydrogens (tertiary/aromatic N) is 2. The van der Waals surface area contributed by atoms with Crippen molar-refractivity contribution in [2.75, 3.05) is 31.6 Å². The highest BCUT2D eigenvalue weighted by molar-refractivity contribution is 7.89. The van der Waals surface area contributed by atoms with Gasteiger partial charge in [-0.15, -0.1) is 0 Å². The molecule has 3 aromatic rings. The Morgan fingerprint density at radius 3 is 2.40 bits per heavy atom. The lowest BCUT2D eigenvalue weighted by molar-refractivity contribution is -0.139. The first kappa shape index (κ1) is 35.3. The number of nitrogens with one attached hydrogen (secondary N) is 4. The zero-order chi connectivity index (χ0) is 34.1. The van der Waals surface area contributed by atoms with Gasteiger partial charge in [0.1, 0.15) is 18.5 Å².